The third kappa shape index (κ3) is 13.7. The molecule has 20 nitrogen and oxygen atoms in total. The molecule has 6 aromatic carbocycles. The van der Waals surface area contributed by atoms with Gasteiger partial charge in [0.2, 0.25) is 10.0 Å². The minimum Gasteiger partial charge on any atom is -0.382 e. The maximum Gasteiger partial charge on any atom is 0.208 e. The van der Waals surface area contributed by atoms with Gasteiger partial charge in [-0.25, -0.2) is 58.0 Å². The average Bonchev–Trinajstić information content (AvgIpc) is 1.62. The molecule has 3 aliphatic rings. The van der Waals surface area contributed by atoms with Crippen molar-refractivity contribution in [2.24, 2.45) is 5.92 Å². The highest BCUT2D eigenvalue weighted by Crippen LogP contribution is 2.45. The Kier molecular flexibility index (Phi) is 18.6. The lowest BCUT2D eigenvalue weighted by molar-refractivity contribution is 0.0650. The summed E-state index contributed by atoms with van der Waals surface area (Å²) >= 11 is 0. The summed E-state index contributed by atoms with van der Waals surface area (Å²) in [6.07, 6.45) is 23.1. The van der Waals surface area contributed by atoms with Gasteiger partial charge in [-0.3, -0.25) is 13.2 Å². The molecule has 0 amide bonds. The first-order valence-electron chi connectivity index (χ1n) is 35.5. The minimum absolute atomic E-state index is 0.225. The summed E-state index contributed by atoms with van der Waals surface area (Å²) < 4.78 is 42.9. The van der Waals surface area contributed by atoms with Crippen molar-refractivity contribution in [1.29, 1.82) is 0 Å². The second-order valence-corrected chi connectivity index (χ2v) is 29.4. The molecule has 0 unspecified atom stereocenters. The molecule has 21 heteroatoms. The van der Waals surface area contributed by atoms with Crippen molar-refractivity contribution in [3.63, 3.8) is 0 Å². The van der Waals surface area contributed by atoms with E-state index >= 15 is 0 Å². The van der Waals surface area contributed by atoms with Gasteiger partial charge >= 0.3 is 0 Å². The Morgan fingerprint density at radius 1 is 0.404 bits per heavy atom. The number of anilines is 3. The van der Waals surface area contributed by atoms with Crippen molar-refractivity contribution in [1.82, 2.24) is 62.8 Å². The lowest BCUT2D eigenvalue weighted by atomic mass is 9.74. The third-order valence-electron chi connectivity index (χ3n) is 20.9. The summed E-state index contributed by atoms with van der Waals surface area (Å²) in [4.78, 5) is 43.3. The molecule has 0 spiro atoms. The number of aromatic nitrogens is 12. The molecule has 0 bridgehead atoms. The van der Waals surface area contributed by atoms with Gasteiger partial charge in [-0.15, -0.1) is 0 Å². The van der Waals surface area contributed by atoms with Gasteiger partial charge < -0.3 is 26.7 Å². The van der Waals surface area contributed by atoms with Gasteiger partial charge in [0.1, 0.15) is 68.6 Å². The van der Waals surface area contributed by atoms with Crippen LogP contribution in [0.15, 0.2) is 219 Å². The van der Waals surface area contributed by atoms with Crippen LogP contribution in [-0.2, 0) is 19.5 Å². The highest BCUT2D eigenvalue weighted by Gasteiger charge is 2.35. The summed E-state index contributed by atoms with van der Waals surface area (Å²) in [5, 5.41) is 3.24. The topological polar surface area (TPSA) is 272 Å². The SMILES string of the molecule is COC1CCC(c2nc(-c3ccc4ccc(-c5ccccc5)nc4c3)c3c(N)nccn23)CC1.COC1CCC(c2nc(-c3ccc4ccc(-c5ccccc5)nc4c3)c3c(N)nccn23)CC1.CS(=O)(=O)NCC1CC(c2nc(-c3ccc4ccc(-c5ccccc5)nc4c3)c3c(N)nccn23)C1. The molecule has 0 radical (unpaired) electrons. The number of rotatable bonds is 14. The van der Waals surface area contributed by atoms with Crippen molar-refractivity contribution in [3.8, 4) is 67.5 Å². The van der Waals surface area contributed by atoms with Gasteiger partial charge in [-0.2, -0.15) is 0 Å². The second-order valence-electron chi connectivity index (χ2n) is 27.5. The van der Waals surface area contributed by atoms with E-state index < -0.39 is 10.0 Å². The van der Waals surface area contributed by atoms with Gasteiger partial charge in [0.15, 0.2) is 0 Å². The summed E-state index contributed by atoms with van der Waals surface area (Å²) in [6, 6.07) is 61.9. The summed E-state index contributed by atoms with van der Waals surface area (Å²) in [5.74, 6) is 5.71. The molecule has 7 N–H and O–H groups in total. The zero-order valence-corrected chi connectivity index (χ0v) is 59.0. The van der Waals surface area contributed by atoms with Gasteiger partial charge in [0.25, 0.3) is 0 Å². The van der Waals surface area contributed by atoms with E-state index in [1.165, 1.54) is 6.26 Å². The van der Waals surface area contributed by atoms with Crippen molar-refractivity contribution in [3.05, 3.63) is 237 Å². The quantitative estimate of drug-likeness (QED) is 0.0788. The van der Waals surface area contributed by atoms with Crippen LogP contribution in [-0.4, -0.2) is 106 Å². The summed E-state index contributed by atoms with van der Waals surface area (Å²) in [5.41, 5.74) is 35.9. The van der Waals surface area contributed by atoms with Crippen LogP contribution in [0.25, 0.3) is 117 Å². The van der Waals surface area contributed by atoms with Crippen molar-refractivity contribution in [2.75, 3.05) is 44.2 Å². The van der Waals surface area contributed by atoms with Crippen LogP contribution in [0.5, 0.6) is 0 Å². The minimum atomic E-state index is -3.19. The number of hydrogen-bond acceptors (Lipinski definition) is 16. The average molecular weight is 1400 g/mol. The normalized spacial score (nSPS) is 18.3. The molecule has 18 rings (SSSR count). The molecule has 3 saturated carbocycles. The van der Waals surface area contributed by atoms with Crippen molar-refractivity contribution < 1.29 is 17.9 Å². The van der Waals surface area contributed by atoms with Gasteiger partial charge in [0, 0.05) is 125 Å². The van der Waals surface area contributed by atoms with Crippen LogP contribution in [0.2, 0.25) is 0 Å². The maximum atomic E-state index is 11.4. The highest BCUT2D eigenvalue weighted by molar-refractivity contribution is 7.88. The van der Waals surface area contributed by atoms with Crippen LogP contribution < -0.4 is 21.9 Å². The first-order chi connectivity index (χ1) is 50.8. The van der Waals surface area contributed by atoms with E-state index in [0.29, 0.717) is 54.0 Å². The number of imidazole rings is 3. The Hall–Kier alpha value is -11.4. The Labute approximate surface area is 602 Å². The fraction of sp³-hybridized carbons (Fsp3) is 0.241. The second kappa shape index (κ2) is 28.8. The first kappa shape index (κ1) is 67.1. The van der Waals surface area contributed by atoms with Crippen LogP contribution in [0.1, 0.15) is 99.4 Å². The molecule has 9 heterocycles. The Morgan fingerprint density at radius 2 is 0.721 bits per heavy atom. The van der Waals surface area contributed by atoms with E-state index in [1.54, 1.807) is 32.8 Å². The number of benzene rings is 6. The molecule has 15 aromatic rings. The van der Waals surface area contributed by atoms with Crippen LogP contribution in [0.3, 0.4) is 0 Å². The molecular formula is C83H80N16O4S. The smallest absolute Gasteiger partial charge is 0.208 e. The number of nitrogens with two attached hydrogens (primary N) is 3. The fourth-order valence-electron chi connectivity index (χ4n) is 15.3. The monoisotopic (exact) mass is 1400 g/mol. The highest BCUT2D eigenvalue weighted by atomic mass is 32.2. The maximum absolute atomic E-state index is 11.4. The third-order valence-corrected chi connectivity index (χ3v) is 21.6. The number of nitrogen functional groups attached to an aromatic ring is 3. The number of fused-ring (bicyclic) bond motifs is 6. The fourth-order valence-corrected chi connectivity index (χ4v) is 15.9. The predicted molar refractivity (Wildman–Crippen MR) is 413 cm³/mol. The molecule has 3 fully saturated rings. The van der Waals surface area contributed by atoms with E-state index in [0.717, 1.165) is 198 Å². The largest absolute Gasteiger partial charge is 0.382 e. The first-order valence-corrected chi connectivity index (χ1v) is 37.4. The van der Waals surface area contributed by atoms with Crippen molar-refractivity contribution in [2.45, 2.75) is 94.2 Å². The van der Waals surface area contributed by atoms with Gasteiger partial charge in [0.05, 0.1) is 52.1 Å². The number of ether oxygens (including phenoxy) is 2. The number of pyridine rings is 3. The van der Waals surface area contributed by atoms with Crippen LogP contribution >= 0.6 is 0 Å². The lowest BCUT2D eigenvalue weighted by Crippen LogP contribution is -2.35. The van der Waals surface area contributed by atoms with E-state index in [2.05, 4.69) is 144 Å². The molecule has 9 aromatic heterocycles. The van der Waals surface area contributed by atoms with Crippen LogP contribution in [0.4, 0.5) is 17.5 Å². The number of nitrogens with zero attached hydrogens (tertiary/aromatic N) is 12. The number of methoxy groups -OCH3 is 2. The summed E-state index contributed by atoms with van der Waals surface area (Å²) in [6.45, 7) is 0.454. The number of sulfonamides is 1. The predicted octanol–water partition coefficient (Wildman–Crippen LogP) is 16.0. The molecule has 0 saturated heterocycles. The summed E-state index contributed by atoms with van der Waals surface area (Å²) in [7, 11) is 0.416. The molecule has 104 heavy (non-hydrogen) atoms. The van der Waals surface area contributed by atoms with Crippen molar-refractivity contribution >= 4 is 76.7 Å². The lowest BCUT2D eigenvalue weighted by Gasteiger charge is -2.34. The van der Waals surface area contributed by atoms with E-state index in [-0.39, 0.29) is 5.92 Å². The van der Waals surface area contributed by atoms with Gasteiger partial charge in [-0.1, -0.05) is 146 Å². The standard InChI is InChI=1S/2C28H27N5O.C27H26N6O2S/c2*1-34-22-12-9-20(10-13-22)28-32-25(26-27(29)30-15-16-33(26)28)21-8-7-19-11-14-23(31-24(19)17-21)18-5-3-2-4-6-18;1-36(34,35)30-16-17-13-21(14-17)27-32-24(25-26(28)29-11-12-33(25)27)20-8-7-19-9-10-22(31-23(19)15-20)18-5-3-2-4-6-18/h2*2-8,11,14-17,20,22H,9-10,12-13H2,1H3,(H2,29,30);2-12,15,17,21,30H,13-14,16H2,1H3,(H2,28,29). The molecular weight excluding hydrogens is 1320 g/mol. The van der Waals surface area contributed by atoms with E-state index in [4.69, 9.17) is 56.6 Å². The molecule has 522 valence electrons. The zero-order chi connectivity index (χ0) is 71.0. The zero-order valence-electron chi connectivity index (χ0n) is 58.2. The Balaban J connectivity index is 0.000000120. The van der Waals surface area contributed by atoms with Gasteiger partial charge in [-0.05, 0) is 107 Å². The van der Waals surface area contributed by atoms with E-state index in [1.807, 2.05) is 89.7 Å². The molecule has 0 atom stereocenters. The Bertz CT molecular complexity index is 5530. The number of nitrogens with one attached hydrogen (secondary N) is 1. The number of hydrogen-bond donors (Lipinski definition) is 4. The van der Waals surface area contributed by atoms with Crippen LogP contribution in [0, 0.1) is 5.92 Å². The molecule has 0 aliphatic heterocycles. The van der Waals surface area contributed by atoms with E-state index in [9.17, 15) is 8.42 Å². The Morgan fingerprint density at radius 3 is 1.04 bits per heavy atom. The molecule has 3 aliphatic carbocycles.